The molecule has 0 saturated carbocycles. The molecule has 0 fully saturated rings. The van der Waals surface area contributed by atoms with E-state index in [1.54, 1.807) is 22.9 Å². The van der Waals surface area contributed by atoms with Gasteiger partial charge >= 0.3 is 0 Å². The zero-order chi connectivity index (χ0) is 13.5. The third-order valence-electron chi connectivity index (χ3n) is 2.68. The van der Waals surface area contributed by atoms with Crippen LogP contribution >= 0.6 is 0 Å². The van der Waals surface area contributed by atoms with E-state index in [4.69, 9.17) is 5.11 Å². The zero-order valence-corrected chi connectivity index (χ0v) is 10.5. The lowest BCUT2D eigenvalue weighted by molar-refractivity contribution is 0.305. The molecule has 0 atom stereocenters. The summed E-state index contributed by atoms with van der Waals surface area (Å²) in [7, 11) is 0. The summed E-state index contributed by atoms with van der Waals surface area (Å²) in [6.45, 7) is 0.645. The number of nitrogens with zero attached hydrogens (tertiary/aromatic N) is 1. The van der Waals surface area contributed by atoms with Gasteiger partial charge in [-0.3, -0.25) is 4.79 Å². The van der Waals surface area contributed by atoms with Crippen LogP contribution in [0.2, 0.25) is 0 Å². The summed E-state index contributed by atoms with van der Waals surface area (Å²) in [5, 5.41) is 8.64. The summed E-state index contributed by atoms with van der Waals surface area (Å²) >= 11 is 0. The molecule has 2 aromatic rings. The molecule has 0 saturated heterocycles. The number of hydrogen-bond acceptors (Lipinski definition) is 2. The van der Waals surface area contributed by atoms with Crippen molar-refractivity contribution in [2.24, 2.45) is 0 Å². The van der Waals surface area contributed by atoms with E-state index in [0.29, 0.717) is 13.0 Å². The fraction of sp³-hybridized carbons (Fsp3) is 0.188. The largest absolute Gasteiger partial charge is 0.395 e. The first kappa shape index (κ1) is 13.1. The van der Waals surface area contributed by atoms with E-state index in [9.17, 15) is 4.79 Å². The van der Waals surface area contributed by atoms with Crippen LogP contribution < -0.4 is 5.56 Å². The van der Waals surface area contributed by atoms with Crippen LogP contribution in [0, 0.1) is 11.8 Å². The van der Waals surface area contributed by atoms with Gasteiger partial charge in [0.05, 0.1) is 13.2 Å². The third kappa shape index (κ3) is 3.84. The Morgan fingerprint density at radius 1 is 1.11 bits per heavy atom. The van der Waals surface area contributed by atoms with E-state index in [2.05, 4.69) is 11.8 Å². The van der Waals surface area contributed by atoms with Crippen LogP contribution in [-0.4, -0.2) is 16.3 Å². The van der Waals surface area contributed by atoms with E-state index >= 15 is 0 Å². The molecule has 1 aromatic carbocycles. The van der Waals surface area contributed by atoms with Gasteiger partial charge in [0.2, 0.25) is 0 Å². The van der Waals surface area contributed by atoms with E-state index < -0.39 is 0 Å². The highest BCUT2D eigenvalue weighted by atomic mass is 16.2. The number of aliphatic hydroxyl groups excluding tert-OH is 1. The number of rotatable bonds is 3. The average Bonchev–Trinajstić information content (AvgIpc) is 2.44. The van der Waals surface area contributed by atoms with Gasteiger partial charge < -0.3 is 9.67 Å². The Kier molecular flexibility index (Phi) is 4.54. The Bertz CT molecular complexity index is 645. The first-order valence-corrected chi connectivity index (χ1v) is 6.14. The monoisotopic (exact) mass is 253 g/mol. The zero-order valence-electron chi connectivity index (χ0n) is 10.5. The second-order valence-electron chi connectivity index (χ2n) is 4.14. The van der Waals surface area contributed by atoms with Crippen molar-refractivity contribution in [3.05, 3.63) is 70.1 Å². The van der Waals surface area contributed by atoms with Gasteiger partial charge in [-0.1, -0.05) is 30.0 Å². The number of aromatic nitrogens is 1. The van der Waals surface area contributed by atoms with Gasteiger partial charge in [-0.15, -0.1) is 0 Å². The van der Waals surface area contributed by atoms with E-state index in [1.807, 2.05) is 30.3 Å². The normalized spacial score (nSPS) is 9.74. The van der Waals surface area contributed by atoms with Crippen molar-refractivity contribution in [2.75, 3.05) is 6.61 Å². The van der Waals surface area contributed by atoms with Crippen LogP contribution in [0.5, 0.6) is 0 Å². The van der Waals surface area contributed by atoms with Crippen molar-refractivity contribution in [3.8, 4) is 11.8 Å². The van der Waals surface area contributed by atoms with Crippen molar-refractivity contribution < 1.29 is 5.11 Å². The van der Waals surface area contributed by atoms with Crippen LogP contribution in [-0.2, 0) is 6.54 Å². The molecule has 1 heterocycles. The highest BCUT2D eigenvalue weighted by Crippen LogP contribution is 2.04. The smallest absolute Gasteiger partial charge is 0.250 e. The molecule has 0 spiro atoms. The number of aliphatic hydroxyl groups is 1. The number of benzene rings is 1. The summed E-state index contributed by atoms with van der Waals surface area (Å²) in [6, 6.07) is 12.9. The molecule has 0 aliphatic heterocycles. The van der Waals surface area contributed by atoms with Crippen molar-refractivity contribution in [1.29, 1.82) is 0 Å². The minimum Gasteiger partial charge on any atom is -0.395 e. The maximum atomic E-state index is 11.6. The molecule has 96 valence electrons. The summed E-state index contributed by atoms with van der Waals surface area (Å²) in [5.41, 5.74) is 1.97. The molecule has 1 N–H and O–H groups in total. The minimum absolute atomic E-state index is 0.00526. The van der Waals surface area contributed by atoms with Gasteiger partial charge in [0.15, 0.2) is 0 Å². The standard InChI is InChI=1S/C16H15NO2/c18-12-4-2-5-14-7-9-15(10-8-14)13-17-11-3-1-6-16(17)19/h1,3,6-11,18H,4,12-13H2. The molecule has 0 bridgehead atoms. The predicted octanol–water partition coefficient (Wildman–Crippen LogP) is 1.63. The molecule has 3 nitrogen and oxygen atoms in total. The average molecular weight is 253 g/mol. The Morgan fingerprint density at radius 3 is 2.58 bits per heavy atom. The lowest BCUT2D eigenvalue weighted by atomic mass is 10.1. The maximum absolute atomic E-state index is 11.6. The molecule has 0 radical (unpaired) electrons. The van der Waals surface area contributed by atoms with E-state index in [1.165, 1.54) is 0 Å². The molecular formula is C16H15NO2. The predicted molar refractivity (Wildman–Crippen MR) is 74.8 cm³/mol. The topological polar surface area (TPSA) is 42.2 Å². The van der Waals surface area contributed by atoms with Crippen LogP contribution in [0.4, 0.5) is 0 Å². The summed E-state index contributed by atoms with van der Waals surface area (Å²) < 4.78 is 1.66. The van der Waals surface area contributed by atoms with Crippen molar-refractivity contribution in [1.82, 2.24) is 4.57 Å². The molecule has 0 aliphatic rings. The summed E-state index contributed by atoms with van der Waals surface area (Å²) in [5.74, 6) is 5.84. The van der Waals surface area contributed by atoms with Gasteiger partial charge in [0.25, 0.3) is 5.56 Å². The van der Waals surface area contributed by atoms with Gasteiger partial charge in [-0.25, -0.2) is 0 Å². The Balaban J connectivity index is 2.10. The SMILES string of the molecule is O=c1ccccn1Cc1ccc(C#CCCO)cc1. The molecule has 3 heteroatoms. The molecule has 1 aromatic heterocycles. The lowest BCUT2D eigenvalue weighted by Gasteiger charge is -2.04. The van der Waals surface area contributed by atoms with Crippen molar-refractivity contribution in [2.45, 2.75) is 13.0 Å². The third-order valence-corrected chi connectivity index (χ3v) is 2.68. The van der Waals surface area contributed by atoms with Gasteiger partial charge in [0.1, 0.15) is 0 Å². The lowest BCUT2D eigenvalue weighted by Crippen LogP contribution is -2.18. The molecular weight excluding hydrogens is 238 g/mol. The fourth-order valence-electron chi connectivity index (χ4n) is 1.70. The van der Waals surface area contributed by atoms with E-state index in [0.717, 1.165) is 11.1 Å². The Labute approximate surface area is 112 Å². The van der Waals surface area contributed by atoms with Gasteiger partial charge in [-0.2, -0.15) is 0 Å². The summed E-state index contributed by atoms with van der Waals surface area (Å²) in [6.07, 6.45) is 2.26. The first-order valence-electron chi connectivity index (χ1n) is 6.14. The quantitative estimate of drug-likeness (QED) is 0.845. The number of pyridine rings is 1. The Morgan fingerprint density at radius 2 is 1.89 bits per heavy atom. The molecule has 0 unspecified atom stereocenters. The van der Waals surface area contributed by atoms with Gasteiger partial charge in [-0.05, 0) is 23.8 Å². The fourth-order valence-corrected chi connectivity index (χ4v) is 1.70. The first-order chi connectivity index (χ1) is 9.29. The number of hydrogen-bond donors (Lipinski definition) is 1. The van der Waals surface area contributed by atoms with Crippen LogP contribution in [0.25, 0.3) is 0 Å². The van der Waals surface area contributed by atoms with Crippen LogP contribution in [0.1, 0.15) is 17.5 Å². The summed E-state index contributed by atoms with van der Waals surface area (Å²) in [4.78, 5) is 11.6. The highest BCUT2D eigenvalue weighted by Gasteiger charge is 1.96. The second-order valence-corrected chi connectivity index (χ2v) is 4.14. The molecule has 0 amide bonds. The maximum Gasteiger partial charge on any atom is 0.250 e. The minimum atomic E-state index is -0.00526. The van der Waals surface area contributed by atoms with Crippen LogP contribution in [0.3, 0.4) is 0 Å². The molecule has 2 rings (SSSR count). The van der Waals surface area contributed by atoms with Crippen molar-refractivity contribution in [3.63, 3.8) is 0 Å². The Hall–Kier alpha value is -2.31. The van der Waals surface area contributed by atoms with Crippen molar-refractivity contribution >= 4 is 0 Å². The van der Waals surface area contributed by atoms with Gasteiger partial charge in [0, 0.05) is 24.2 Å². The molecule has 19 heavy (non-hydrogen) atoms. The second kappa shape index (κ2) is 6.58. The molecule has 0 aliphatic carbocycles. The van der Waals surface area contributed by atoms with E-state index in [-0.39, 0.29) is 12.2 Å². The highest BCUT2D eigenvalue weighted by molar-refractivity contribution is 5.36. The van der Waals surface area contributed by atoms with Crippen LogP contribution in [0.15, 0.2) is 53.5 Å².